The lowest BCUT2D eigenvalue weighted by Crippen LogP contribution is -2.23. The molecule has 0 spiro atoms. The van der Waals surface area contributed by atoms with Crippen molar-refractivity contribution >= 4 is 44.9 Å². The highest BCUT2D eigenvalue weighted by Gasteiger charge is 2.17. The number of guanidine groups is 1. The van der Waals surface area contributed by atoms with Crippen molar-refractivity contribution in [2.75, 3.05) is 5.32 Å². The number of amidine groups is 1. The first-order valence-corrected chi connectivity index (χ1v) is 8.42. The Bertz CT molecular complexity index is 1040. The average Bonchev–Trinajstić information content (AvgIpc) is 3.12. The number of hydrogen-bond donors (Lipinski definition) is 5. The van der Waals surface area contributed by atoms with E-state index in [1.165, 1.54) is 30.3 Å². The first-order valence-electron chi connectivity index (χ1n) is 7.63. The zero-order chi connectivity index (χ0) is 20.1. The van der Waals surface area contributed by atoms with Crippen molar-refractivity contribution in [1.82, 2.24) is 15.8 Å². The third-order valence-corrected chi connectivity index (χ3v) is 3.92. The van der Waals surface area contributed by atoms with E-state index in [-0.39, 0.29) is 33.5 Å². The lowest BCUT2D eigenvalue weighted by Gasteiger charge is -2.05. The highest BCUT2D eigenvalue weighted by atomic mass is 79.9. The molecule has 0 unspecified atom stereocenters. The number of nitrogens with two attached hydrogens (primary N) is 1. The molecule has 0 radical (unpaired) electrons. The molecule has 10 nitrogen and oxygen atoms in total. The number of benzene rings is 2. The number of aromatic nitrogens is 2. The van der Waals surface area contributed by atoms with Gasteiger partial charge in [-0.15, -0.1) is 0 Å². The summed E-state index contributed by atoms with van der Waals surface area (Å²) in [6.07, 6.45) is 0. The fraction of sp³-hybridized carbons (Fsp3) is 0. The third kappa shape index (κ3) is 4.61. The van der Waals surface area contributed by atoms with Gasteiger partial charge >= 0.3 is 0 Å². The number of nitrogens with zero attached hydrogens (tertiary/aromatic N) is 4. The number of nitrogens with one attached hydrogen (secondary N) is 2. The summed E-state index contributed by atoms with van der Waals surface area (Å²) in [5, 5.41) is 28.8. The summed E-state index contributed by atoms with van der Waals surface area (Å²) in [5.74, 6) is -0.615. The SMILES string of the molecule is NC(=Nc1nonc1C(=Nc1ccc(F)c(Br)c1)NO)Nc1ccc(O)cc1. The Morgan fingerprint density at radius 1 is 1.14 bits per heavy atom. The van der Waals surface area contributed by atoms with E-state index in [9.17, 15) is 14.7 Å². The van der Waals surface area contributed by atoms with Gasteiger partial charge in [-0.05, 0) is 68.7 Å². The summed E-state index contributed by atoms with van der Waals surface area (Å²) in [6, 6.07) is 10.1. The molecular weight excluding hydrogens is 437 g/mol. The molecule has 0 aliphatic carbocycles. The van der Waals surface area contributed by atoms with E-state index in [0.29, 0.717) is 11.4 Å². The lowest BCUT2D eigenvalue weighted by molar-refractivity contribution is 0.234. The van der Waals surface area contributed by atoms with Crippen LogP contribution in [0.25, 0.3) is 0 Å². The van der Waals surface area contributed by atoms with E-state index in [2.05, 4.69) is 46.2 Å². The second-order valence-corrected chi connectivity index (χ2v) is 6.13. The van der Waals surface area contributed by atoms with Gasteiger partial charge in [0.25, 0.3) is 0 Å². The first-order chi connectivity index (χ1) is 13.5. The van der Waals surface area contributed by atoms with Crippen molar-refractivity contribution in [1.29, 1.82) is 0 Å². The highest BCUT2D eigenvalue weighted by molar-refractivity contribution is 9.10. The van der Waals surface area contributed by atoms with Crippen LogP contribution in [0.15, 0.2) is 61.6 Å². The predicted molar refractivity (Wildman–Crippen MR) is 103 cm³/mol. The molecule has 2 aromatic carbocycles. The number of phenols is 1. The Labute approximate surface area is 165 Å². The van der Waals surface area contributed by atoms with Crippen molar-refractivity contribution in [2.45, 2.75) is 0 Å². The van der Waals surface area contributed by atoms with Crippen LogP contribution in [-0.4, -0.2) is 32.4 Å². The van der Waals surface area contributed by atoms with Crippen LogP contribution in [0.2, 0.25) is 0 Å². The predicted octanol–water partition coefficient (Wildman–Crippen LogP) is 2.79. The number of anilines is 1. The summed E-state index contributed by atoms with van der Waals surface area (Å²) in [6.45, 7) is 0. The van der Waals surface area contributed by atoms with Gasteiger partial charge in [0.2, 0.25) is 5.82 Å². The summed E-state index contributed by atoms with van der Waals surface area (Å²) in [7, 11) is 0. The summed E-state index contributed by atoms with van der Waals surface area (Å²) >= 11 is 3.05. The largest absolute Gasteiger partial charge is 0.508 e. The molecule has 0 amide bonds. The van der Waals surface area contributed by atoms with E-state index in [4.69, 9.17) is 5.73 Å². The summed E-state index contributed by atoms with van der Waals surface area (Å²) in [5.41, 5.74) is 8.57. The van der Waals surface area contributed by atoms with Gasteiger partial charge in [-0.25, -0.2) is 14.0 Å². The van der Waals surface area contributed by atoms with Gasteiger partial charge in [-0.2, -0.15) is 4.99 Å². The number of hydrogen-bond acceptors (Lipinski definition) is 7. The zero-order valence-corrected chi connectivity index (χ0v) is 15.6. The van der Waals surface area contributed by atoms with Gasteiger partial charge < -0.3 is 16.2 Å². The third-order valence-electron chi connectivity index (χ3n) is 3.31. The van der Waals surface area contributed by atoms with Crippen LogP contribution in [0.5, 0.6) is 5.75 Å². The molecule has 0 aliphatic rings. The molecule has 3 aromatic rings. The maximum Gasteiger partial charge on any atom is 0.231 e. The van der Waals surface area contributed by atoms with E-state index < -0.39 is 5.82 Å². The monoisotopic (exact) mass is 449 g/mol. The molecule has 0 saturated carbocycles. The molecule has 12 heteroatoms. The Morgan fingerprint density at radius 3 is 2.57 bits per heavy atom. The Kier molecular flexibility index (Phi) is 5.81. The molecule has 0 fully saturated rings. The number of phenolic OH excluding ortho intramolecular Hbond substituents is 1. The number of aliphatic imine (C=N–C) groups is 2. The fourth-order valence-electron chi connectivity index (χ4n) is 2.06. The molecule has 1 heterocycles. The van der Waals surface area contributed by atoms with Gasteiger partial charge in [0.05, 0.1) is 10.2 Å². The Balaban J connectivity index is 1.87. The van der Waals surface area contributed by atoms with Crippen LogP contribution < -0.4 is 16.5 Å². The lowest BCUT2D eigenvalue weighted by atomic mass is 10.3. The van der Waals surface area contributed by atoms with Crippen LogP contribution in [0.1, 0.15) is 5.69 Å². The molecular formula is C16H13BrFN7O3. The molecule has 0 atom stereocenters. The van der Waals surface area contributed by atoms with Crippen LogP contribution in [0.4, 0.5) is 21.6 Å². The minimum Gasteiger partial charge on any atom is -0.508 e. The molecule has 144 valence electrons. The first kappa shape index (κ1) is 19.3. The molecule has 1 aromatic heterocycles. The van der Waals surface area contributed by atoms with Gasteiger partial charge in [0, 0.05) is 5.69 Å². The van der Waals surface area contributed by atoms with Crippen molar-refractivity contribution in [3.63, 3.8) is 0 Å². The van der Waals surface area contributed by atoms with Crippen LogP contribution >= 0.6 is 15.9 Å². The smallest absolute Gasteiger partial charge is 0.231 e. The van der Waals surface area contributed by atoms with Gasteiger partial charge in [-0.3, -0.25) is 10.7 Å². The number of rotatable bonds is 4. The Morgan fingerprint density at radius 2 is 1.89 bits per heavy atom. The normalized spacial score (nSPS) is 12.1. The van der Waals surface area contributed by atoms with Crippen molar-refractivity contribution in [2.24, 2.45) is 15.7 Å². The fourth-order valence-corrected chi connectivity index (χ4v) is 2.42. The standard InChI is InChI=1S/C16H13BrFN7O3/c17-11-7-9(3-6-12(11)18)20-14(23-27)13-15(25-28-24-13)22-16(19)21-8-1-4-10(26)5-2-8/h1-7,26-27H,(H,20,23)(H3,19,21,22,25). The number of aromatic hydroxyl groups is 1. The van der Waals surface area contributed by atoms with E-state index in [0.717, 1.165) is 0 Å². The maximum absolute atomic E-state index is 13.3. The quantitative estimate of drug-likeness (QED) is 0.176. The van der Waals surface area contributed by atoms with Crippen molar-refractivity contribution in [3.8, 4) is 5.75 Å². The number of halogens is 2. The van der Waals surface area contributed by atoms with Gasteiger partial charge in [0.1, 0.15) is 11.6 Å². The average molecular weight is 450 g/mol. The molecule has 0 aliphatic heterocycles. The topological polar surface area (TPSA) is 154 Å². The van der Waals surface area contributed by atoms with Crippen molar-refractivity contribution < 1.29 is 19.3 Å². The second-order valence-electron chi connectivity index (χ2n) is 5.28. The van der Waals surface area contributed by atoms with E-state index in [1.807, 2.05) is 5.48 Å². The van der Waals surface area contributed by atoms with Crippen LogP contribution in [-0.2, 0) is 0 Å². The minimum atomic E-state index is -0.459. The molecule has 0 saturated heterocycles. The zero-order valence-electron chi connectivity index (χ0n) is 14.0. The molecule has 3 rings (SSSR count). The highest BCUT2D eigenvalue weighted by Crippen LogP contribution is 2.24. The molecule has 6 N–H and O–H groups in total. The Hall–Kier alpha value is -3.51. The van der Waals surface area contributed by atoms with Crippen molar-refractivity contribution in [3.05, 3.63) is 58.4 Å². The summed E-state index contributed by atoms with van der Waals surface area (Å²) in [4.78, 5) is 8.15. The van der Waals surface area contributed by atoms with Crippen LogP contribution in [0, 0.1) is 5.82 Å². The minimum absolute atomic E-state index is 0.0293. The maximum atomic E-state index is 13.3. The molecule has 0 bridgehead atoms. The molecule has 28 heavy (non-hydrogen) atoms. The van der Waals surface area contributed by atoms with E-state index in [1.54, 1.807) is 12.1 Å². The van der Waals surface area contributed by atoms with Gasteiger partial charge in [-0.1, -0.05) is 0 Å². The number of hydroxylamine groups is 1. The second kappa shape index (κ2) is 8.45. The summed E-state index contributed by atoms with van der Waals surface area (Å²) < 4.78 is 18.2. The van der Waals surface area contributed by atoms with Gasteiger partial charge in [0.15, 0.2) is 17.5 Å². The van der Waals surface area contributed by atoms with E-state index >= 15 is 0 Å². The van der Waals surface area contributed by atoms with Crippen LogP contribution in [0.3, 0.4) is 0 Å².